The van der Waals surface area contributed by atoms with Crippen molar-refractivity contribution in [2.24, 2.45) is 19.8 Å². The number of nitrogens with zero attached hydrogens (tertiary/aromatic N) is 7. The zero-order valence-electron chi connectivity index (χ0n) is 16.1. The van der Waals surface area contributed by atoms with Crippen LogP contribution in [0, 0.1) is 0 Å². The van der Waals surface area contributed by atoms with E-state index in [1.165, 1.54) is 0 Å². The Balaban J connectivity index is 1.55. The summed E-state index contributed by atoms with van der Waals surface area (Å²) < 4.78 is 3.10. The van der Waals surface area contributed by atoms with Gasteiger partial charge in [0.15, 0.2) is 5.65 Å². The van der Waals surface area contributed by atoms with Crippen LogP contribution in [0.2, 0.25) is 10.2 Å². The van der Waals surface area contributed by atoms with Gasteiger partial charge in [-0.1, -0.05) is 23.2 Å². The normalized spacial score (nSPS) is 23.0. The third-order valence-electron chi connectivity index (χ3n) is 6.14. The van der Waals surface area contributed by atoms with E-state index in [-0.39, 0.29) is 17.8 Å². The minimum atomic E-state index is -0.208. The highest BCUT2D eigenvalue weighted by Gasteiger charge is 2.49. The Bertz CT molecular complexity index is 1420. The number of aryl methyl sites for hydroxylation is 1. The van der Waals surface area contributed by atoms with Crippen LogP contribution in [0.1, 0.15) is 0 Å². The van der Waals surface area contributed by atoms with E-state index in [4.69, 9.17) is 28.9 Å². The van der Waals surface area contributed by atoms with Gasteiger partial charge >= 0.3 is 0 Å². The highest BCUT2D eigenvalue weighted by Crippen LogP contribution is 2.39. The molecule has 6 heterocycles. The minimum absolute atomic E-state index is 0.0258. The first-order chi connectivity index (χ1) is 14.4. The first-order valence-electron chi connectivity index (χ1n) is 9.39. The van der Waals surface area contributed by atoms with Gasteiger partial charge in [-0.2, -0.15) is 15.2 Å². The number of aromatic amines is 1. The number of halogens is 2. The van der Waals surface area contributed by atoms with Crippen molar-refractivity contribution in [1.82, 2.24) is 34.4 Å². The maximum atomic E-state index is 13.3. The first kappa shape index (κ1) is 18.1. The van der Waals surface area contributed by atoms with E-state index >= 15 is 0 Å². The molecule has 154 valence electrons. The second-order valence-electron chi connectivity index (χ2n) is 7.75. The van der Waals surface area contributed by atoms with E-state index in [1.807, 2.05) is 11.0 Å². The Labute approximate surface area is 179 Å². The van der Waals surface area contributed by atoms with Crippen molar-refractivity contribution < 1.29 is 0 Å². The summed E-state index contributed by atoms with van der Waals surface area (Å²) >= 11 is 13.0. The summed E-state index contributed by atoms with van der Waals surface area (Å²) in [5.41, 5.74) is 8.05. The molecule has 4 aromatic rings. The second kappa shape index (κ2) is 5.94. The Kier molecular flexibility index (Phi) is 3.59. The van der Waals surface area contributed by atoms with Crippen LogP contribution in [0.25, 0.3) is 33.2 Å². The fourth-order valence-electron chi connectivity index (χ4n) is 4.42. The van der Waals surface area contributed by atoms with Crippen molar-refractivity contribution in [3.63, 3.8) is 0 Å². The maximum Gasteiger partial charge on any atom is 0.266 e. The number of anilines is 1. The molecular formula is C18H17Cl2N9O. The summed E-state index contributed by atoms with van der Waals surface area (Å²) in [6.07, 6.45) is -0.0258. The average molecular weight is 446 g/mol. The Morgan fingerprint density at radius 3 is 2.73 bits per heavy atom. The van der Waals surface area contributed by atoms with Crippen LogP contribution in [0.3, 0.4) is 0 Å². The van der Waals surface area contributed by atoms with Crippen molar-refractivity contribution >= 4 is 51.1 Å². The van der Waals surface area contributed by atoms with Crippen LogP contribution >= 0.6 is 23.2 Å². The first-order valence-corrected chi connectivity index (χ1v) is 10.1. The van der Waals surface area contributed by atoms with Gasteiger partial charge in [0.25, 0.3) is 5.56 Å². The molecule has 3 aliphatic rings. The molecule has 1 unspecified atom stereocenters. The topological polar surface area (TPSA) is 114 Å². The maximum absolute atomic E-state index is 13.3. The molecule has 3 fully saturated rings. The molecule has 0 saturated carbocycles. The number of aromatic nitrogens is 6. The average Bonchev–Trinajstić information content (AvgIpc) is 3.47. The predicted octanol–water partition coefficient (Wildman–Crippen LogP) is 1.26. The number of nitrogens with one attached hydrogen (secondary N) is 1. The van der Waals surface area contributed by atoms with Crippen LogP contribution in [0.5, 0.6) is 0 Å². The molecule has 0 radical (unpaired) electrons. The summed E-state index contributed by atoms with van der Waals surface area (Å²) in [5.74, 6) is 0.558. The molecule has 3 aromatic heterocycles. The summed E-state index contributed by atoms with van der Waals surface area (Å²) in [5, 5.41) is 13.4. The lowest BCUT2D eigenvalue weighted by Crippen LogP contribution is -2.59. The van der Waals surface area contributed by atoms with E-state index in [0.29, 0.717) is 56.0 Å². The number of hydrogen-bond donors (Lipinski definition) is 2. The summed E-state index contributed by atoms with van der Waals surface area (Å²) in [4.78, 5) is 22.2. The van der Waals surface area contributed by atoms with Crippen molar-refractivity contribution in [2.75, 3.05) is 18.1 Å². The lowest BCUT2D eigenvalue weighted by molar-refractivity contribution is 0.155. The van der Waals surface area contributed by atoms with Crippen molar-refractivity contribution in [2.45, 2.75) is 12.2 Å². The molecule has 0 spiro atoms. The molecule has 0 aliphatic carbocycles. The van der Waals surface area contributed by atoms with Gasteiger partial charge in [0.2, 0.25) is 5.95 Å². The van der Waals surface area contributed by atoms with Gasteiger partial charge in [-0.3, -0.25) is 24.0 Å². The van der Waals surface area contributed by atoms with Crippen LogP contribution in [0.4, 0.5) is 5.95 Å². The number of benzene rings is 1. The van der Waals surface area contributed by atoms with Gasteiger partial charge < -0.3 is 10.6 Å². The number of hydrogen-bond acceptors (Lipinski definition) is 7. The van der Waals surface area contributed by atoms with Crippen LogP contribution in [0.15, 0.2) is 16.9 Å². The molecule has 30 heavy (non-hydrogen) atoms. The molecular weight excluding hydrogens is 429 g/mol. The summed E-state index contributed by atoms with van der Waals surface area (Å²) in [6.45, 7) is 1.53. The lowest BCUT2D eigenvalue weighted by Gasteiger charge is -2.35. The van der Waals surface area contributed by atoms with E-state index in [2.05, 4.69) is 25.2 Å². The van der Waals surface area contributed by atoms with Crippen molar-refractivity contribution in [3.8, 4) is 11.3 Å². The number of H-pyrrole nitrogens is 1. The zero-order valence-corrected chi connectivity index (χ0v) is 17.6. The van der Waals surface area contributed by atoms with E-state index in [9.17, 15) is 4.79 Å². The smallest absolute Gasteiger partial charge is 0.266 e. The SMILES string of the molecule is Cn1nc2ccc(-c3[nH]nc4nc(N5CN6C[C@@H]5[C@@H]6N)n(C)c(=O)c34)c(Cl)c2c1Cl. The molecule has 3 atom stereocenters. The highest BCUT2D eigenvalue weighted by atomic mass is 35.5. The van der Waals surface area contributed by atoms with E-state index in [0.717, 1.165) is 6.54 Å². The van der Waals surface area contributed by atoms with Gasteiger partial charge in [0, 0.05) is 26.2 Å². The largest absolute Gasteiger partial charge is 0.322 e. The van der Waals surface area contributed by atoms with Gasteiger partial charge in [-0.15, -0.1) is 0 Å². The van der Waals surface area contributed by atoms with Crippen LogP contribution < -0.4 is 16.2 Å². The van der Waals surface area contributed by atoms with Gasteiger partial charge in [-0.05, 0) is 12.1 Å². The monoisotopic (exact) mass is 445 g/mol. The van der Waals surface area contributed by atoms with Gasteiger partial charge in [0.1, 0.15) is 10.5 Å². The zero-order chi connectivity index (χ0) is 20.9. The summed E-state index contributed by atoms with van der Waals surface area (Å²) in [6, 6.07) is 3.77. The third kappa shape index (κ3) is 2.16. The molecule has 1 aromatic carbocycles. The molecule has 3 aliphatic heterocycles. The molecule has 3 saturated heterocycles. The number of fused-ring (bicyclic) bond motifs is 3. The fraction of sp³-hybridized carbons (Fsp3) is 0.333. The molecule has 0 amide bonds. The van der Waals surface area contributed by atoms with Crippen LogP contribution in [-0.2, 0) is 14.1 Å². The van der Waals surface area contributed by atoms with E-state index in [1.54, 1.807) is 29.4 Å². The van der Waals surface area contributed by atoms with Gasteiger partial charge in [-0.25, -0.2) is 0 Å². The Morgan fingerprint density at radius 2 is 2.03 bits per heavy atom. The van der Waals surface area contributed by atoms with Crippen molar-refractivity contribution in [1.29, 1.82) is 0 Å². The molecule has 2 bridgehead atoms. The Morgan fingerprint density at radius 1 is 1.23 bits per heavy atom. The predicted molar refractivity (Wildman–Crippen MR) is 115 cm³/mol. The highest BCUT2D eigenvalue weighted by molar-refractivity contribution is 6.43. The quantitative estimate of drug-likeness (QED) is 0.477. The Hall–Kier alpha value is -2.66. The van der Waals surface area contributed by atoms with Crippen molar-refractivity contribution in [3.05, 3.63) is 32.7 Å². The fourth-order valence-corrected chi connectivity index (χ4v) is 5.05. The van der Waals surface area contributed by atoms with Gasteiger partial charge in [0.05, 0.1) is 40.5 Å². The molecule has 10 nitrogen and oxygen atoms in total. The number of rotatable bonds is 2. The minimum Gasteiger partial charge on any atom is -0.322 e. The lowest BCUT2D eigenvalue weighted by atomic mass is 10.1. The molecule has 7 rings (SSSR count). The number of nitrogens with two attached hydrogens (primary N) is 1. The van der Waals surface area contributed by atoms with Crippen LogP contribution in [-0.4, -0.2) is 59.8 Å². The second-order valence-corrected chi connectivity index (χ2v) is 8.49. The molecule has 3 N–H and O–H groups in total. The standard InChI is InChI=1S/C18H17Cl2N9O/c1-26-17(30)11-13(7-3-4-8-10(12(7)19)14(20)27(2)25-8)23-24-16(11)22-18(26)29-6-28-5-9(29)15(28)21/h3-4,9,15H,5-6,21H2,1-2H3,(H,23,24)/t9-,15-/m1/s1. The summed E-state index contributed by atoms with van der Waals surface area (Å²) in [7, 11) is 3.45. The third-order valence-corrected chi connectivity index (χ3v) is 6.96. The molecule has 12 heteroatoms. The van der Waals surface area contributed by atoms with E-state index < -0.39 is 0 Å².